The Morgan fingerprint density at radius 2 is 2.33 bits per heavy atom. The van der Waals surface area contributed by atoms with E-state index >= 15 is 0 Å². The zero-order valence-electron chi connectivity index (χ0n) is 10.7. The Kier molecular flexibility index (Phi) is 3.69. The van der Waals surface area contributed by atoms with E-state index in [-0.39, 0.29) is 17.9 Å². The molecule has 1 aromatic rings. The second kappa shape index (κ2) is 5.25. The molecule has 1 N–H and O–H groups in total. The molecule has 2 amide bonds. The normalized spacial score (nSPS) is 22.6. The van der Waals surface area contributed by atoms with Gasteiger partial charge in [-0.05, 0) is 25.5 Å². The summed E-state index contributed by atoms with van der Waals surface area (Å²) in [6.07, 6.45) is 2.54. The van der Waals surface area contributed by atoms with Crippen LogP contribution in [0.5, 0.6) is 0 Å². The van der Waals surface area contributed by atoms with Crippen LogP contribution in [0.3, 0.4) is 0 Å². The van der Waals surface area contributed by atoms with E-state index in [0.717, 1.165) is 5.76 Å². The molecule has 0 spiro atoms. The number of hydrogen-bond acceptors (Lipinski definition) is 3. The summed E-state index contributed by atoms with van der Waals surface area (Å²) < 4.78 is 5.33. The number of furan rings is 1. The van der Waals surface area contributed by atoms with E-state index in [2.05, 4.69) is 5.32 Å². The standard InChI is InChI=1S/C13H18N2O3/c1-3-10-13(17)15(7-6-12(16)14-10)9(2)11-5-4-8-18-11/h4-5,8-10H,3,6-7H2,1-2H3,(H,14,16). The van der Waals surface area contributed by atoms with Gasteiger partial charge >= 0.3 is 0 Å². The van der Waals surface area contributed by atoms with Gasteiger partial charge in [0, 0.05) is 13.0 Å². The predicted octanol–water partition coefficient (Wildman–Crippen LogP) is 1.47. The fourth-order valence-corrected chi connectivity index (χ4v) is 2.20. The van der Waals surface area contributed by atoms with Crippen molar-refractivity contribution < 1.29 is 14.0 Å². The van der Waals surface area contributed by atoms with Crippen molar-refractivity contribution in [1.82, 2.24) is 10.2 Å². The van der Waals surface area contributed by atoms with Crippen LogP contribution in [-0.4, -0.2) is 29.3 Å². The minimum atomic E-state index is -0.419. The third kappa shape index (κ3) is 2.39. The Morgan fingerprint density at radius 1 is 1.56 bits per heavy atom. The molecule has 0 radical (unpaired) electrons. The van der Waals surface area contributed by atoms with Gasteiger partial charge in [0.15, 0.2) is 0 Å². The van der Waals surface area contributed by atoms with Crippen molar-refractivity contribution in [3.8, 4) is 0 Å². The molecule has 0 bridgehead atoms. The van der Waals surface area contributed by atoms with E-state index in [4.69, 9.17) is 4.42 Å². The number of hydrogen-bond donors (Lipinski definition) is 1. The molecular formula is C13H18N2O3. The first-order chi connectivity index (χ1) is 8.63. The quantitative estimate of drug-likeness (QED) is 0.883. The predicted molar refractivity (Wildman–Crippen MR) is 65.7 cm³/mol. The van der Waals surface area contributed by atoms with Gasteiger partial charge in [-0.1, -0.05) is 6.92 Å². The van der Waals surface area contributed by atoms with Crippen molar-refractivity contribution in [2.75, 3.05) is 6.54 Å². The van der Waals surface area contributed by atoms with Crippen molar-refractivity contribution in [1.29, 1.82) is 0 Å². The minimum absolute atomic E-state index is 0.0350. The SMILES string of the molecule is CCC1NC(=O)CCN(C(C)c2ccco2)C1=O. The topological polar surface area (TPSA) is 62.6 Å². The van der Waals surface area contributed by atoms with Gasteiger partial charge in [-0.2, -0.15) is 0 Å². The molecule has 1 aliphatic rings. The molecule has 2 heterocycles. The Hall–Kier alpha value is -1.78. The van der Waals surface area contributed by atoms with E-state index in [9.17, 15) is 9.59 Å². The van der Waals surface area contributed by atoms with Crippen LogP contribution in [0.1, 0.15) is 38.5 Å². The van der Waals surface area contributed by atoms with E-state index in [1.807, 2.05) is 19.9 Å². The second-order valence-corrected chi connectivity index (χ2v) is 4.50. The monoisotopic (exact) mass is 250 g/mol. The summed E-state index contributed by atoms with van der Waals surface area (Å²) in [7, 11) is 0. The molecule has 2 unspecified atom stereocenters. The molecule has 2 atom stereocenters. The smallest absolute Gasteiger partial charge is 0.245 e. The Balaban J connectivity index is 2.20. The first-order valence-corrected chi connectivity index (χ1v) is 6.26. The molecule has 1 saturated heterocycles. The molecule has 1 aliphatic heterocycles. The first kappa shape index (κ1) is 12.7. The van der Waals surface area contributed by atoms with Crippen LogP contribution in [0, 0.1) is 0 Å². The highest BCUT2D eigenvalue weighted by molar-refractivity contribution is 5.90. The lowest BCUT2D eigenvalue weighted by atomic mass is 10.1. The van der Waals surface area contributed by atoms with Crippen molar-refractivity contribution in [3.63, 3.8) is 0 Å². The van der Waals surface area contributed by atoms with E-state index in [0.29, 0.717) is 19.4 Å². The van der Waals surface area contributed by atoms with E-state index in [1.54, 1.807) is 17.2 Å². The molecule has 5 nitrogen and oxygen atoms in total. The van der Waals surface area contributed by atoms with E-state index < -0.39 is 6.04 Å². The maximum absolute atomic E-state index is 12.3. The van der Waals surface area contributed by atoms with Crippen molar-refractivity contribution in [3.05, 3.63) is 24.2 Å². The van der Waals surface area contributed by atoms with Gasteiger partial charge in [0.2, 0.25) is 11.8 Å². The molecular weight excluding hydrogens is 232 g/mol. The van der Waals surface area contributed by atoms with Crippen LogP contribution in [0.2, 0.25) is 0 Å². The van der Waals surface area contributed by atoms with Crippen LogP contribution in [0.4, 0.5) is 0 Å². The number of nitrogens with zero attached hydrogens (tertiary/aromatic N) is 1. The van der Waals surface area contributed by atoms with Crippen molar-refractivity contribution >= 4 is 11.8 Å². The van der Waals surface area contributed by atoms with Crippen LogP contribution in [-0.2, 0) is 9.59 Å². The highest BCUT2D eigenvalue weighted by Gasteiger charge is 2.32. The van der Waals surface area contributed by atoms with Crippen LogP contribution >= 0.6 is 0 Å². The summed E-state index contributed by atoms with van der Waals surface area (Å²) >= 11 is 0. The summed E-state index contributed by atoms with van der Waals surface area (Å²) in [5.41, 5.74) is 0. The fraction of sp³-hybridized carbons (Fsp3) is 0.538. The maximum Gasteiger partial charge on any atom is 0.245 e. The average molecular weight is 250 g/mol. The largest absolute Gasteiger partial charge is 0.467 e. The molecule has 98 valence electrons. The molecule has 0 aromatic carbocycles. The van der Waals surface area contributed by atoms with Gasteiger partial charge in [0.1, 0.15) is 11.8 Å². The van der Waals surface area contributed by atoms with Crippen LogP contribution in [0.15, 0.2) is 22.8 Å². The average Bonchev–Trinajstić information content (AvgIpc) is 2.84. The Morgan fingerprint density at radius 3 is 2.94 bits per heavy atom. The summed E-state index contributed by atoms with van der Waals surface area (Å²) in [4.78, 5) is 25.6. The first-order valence-electron chi connectivity index (χ1n) is 6.26. The van der Waals surface area contributed by atoms with Gasteiger partial charge in [-0.3, -0.25) is 9.59 Å². The zero-order chi connectivity index (χ0) is 13.1. The number of carbonyl (C=O) groups is 2. The number of carbonyl (C=O) groups excluding carboxylic acids is 2. The van der Waals surface area contributed by atoms with Crippen LogP contribution in [0.25, 0.3) is 0 Å². The molecule has 2 rings (SSSR count). The van der Waals surface area contributed by atoms with Gasteiger partial charge < -0.3 is 14.6 Å². The highest BCUT2D eigenvalue weighted by atomic mass is 16.3. The Bertz CT molecular complexity index is 427. The Labute approximate surface area is 106 Å². The fourth-order valence-electron chi connectivity index (χ4n) is 2.20. The van der Waals surface area contributed by atoms with Gasteiger partial charge in [0.25, 0.3) is 0 Å². The number of amides is 2. The summed E-state index contributed by atoms with van der Waals surface area (Å²) in [6, 6.07) is 3.08. The molecule has 0 saturated carbocycles. The molecule has 5 heteroatoms. The zero-order valence-corrected chi connectivity index (χ0v) is 10.7. The number of nitrogens with one attached hydrogen (secondary N) is 1. The lowest BCUT2D eigenvalue weighted by Gasteiger charge is -2.28. The lowest BCUT2D eigenvalue weighted by Crippen LogP contribution is -2.44. The van der Waals surface area contributed by atoms with Gasteiger partial charge in [-0.25, -0.2) is 0 Å². The maximum atomic E-state index is 12.3. The summed E-state index contributed by atoms with van der Waals surface area (Å²) in [6.45, 7) is 4.24. The lowest BCUT2D eigenvalue weighted by molar-refractivity contribution is -0.135. The minimum Gasteiger partial charge on any atom is -0.467 e. The highest BCUT2D eigenvalue weighted by Crippen LogP contribution is 2.23. The summed E-state index contributed by atoms with van der Waals surface area (Å²) in [5, 5.41) is 2.75. The van der Waals surface area contributed by atoms with Gasteiger partial charge in [0.05, 0.1) is 12.3 Å². The van der Waals surface area contributed by atoms with Crippen molar-refractivity contribution in [2.45, 2.75) is 38.8 Å². The van der Waals surface area contributed by atoms with Crippen molar-refractivity contribution in [2.24, 2.45) is 0 Å². The molecule has 1 fully saturated rings. The molecule has 18 heavy (non-hydrogen) atoms. The third-order valence-electron chi connectivity index (χ3n) is 3.33. The number of rotatable bonds is 3. The van der Waals surface area contributed by atoms with Gasteiger partial charge in [-0.15, -0.1) is 0 Å². The molecule has 1 aromatic heterocycles. The van der Waals surface area contributed by atoms with E-state index in [1.165, 1.54) is 0 Å². The third-order valence-corrected chi connectivity index (χ3v) is 3.33. The summed E-state index contributed by atoms with van der Waals surface area (Å²) in [5.74, 6) is 0.643. The second-order valence-electron chi connectivity index (χ2n) is 4.50. The molecule has 0 aliphatic carbocycles. The van der Waals surface area contributed by atoms with Crippen LogP contribution < -0.4 is 5.32 Å².